The number of carbonyl (C=O) groups is 2. The first kappa shape index (κ1) is 18.7. The van der Waals surface area contributed by atoms with Gasteiger partial charge < -0.3 is 45.8 Å². The van der Waals surface area contributed by atoms with Gasteiger partial charge in [-0.25, -0.2) is 4.79 Å². The fourth-order valence-corrected chi connectivity index (χ4v) is 2.13. The van der Waals surface area contributed by atoms with Gasteiger partial charge in [0.2, 0.25) is 5.91 Å². The van der Waals surface area contributed by atoms with Gasteiger partial charge in [-0.2, -0.15) is 0 Å². The summed E-state index contributed by atoms with van der Waals surface area (Å²) in [4.78, 5) is 22.2. The lowest BCUT2D eigenvalue weighted by atomic mass is 9.88. The van der Waals surface area contributed by atoms with Crippen molar-refractivity contribution in [2.24, 2.45) is 0 Å². The summed E-state index contributed by atoms with van der Waals surface area (Å²) < 4.78 is 4.83. The summed E-state index contributed by atoms with van der Waals surface area (Å²) in [5.74, 6) is -5.64. The van der Waals surface area contributed by atoms with Gasteiger partial charge in [-0.15, -0.1) is 0 Å². The number of carbonyl (C=O) groups excluding carboxylic acids is 1. The zero-order valence-corrected chi connectivity index (χ0v) is 11.4. The second kappa shape index (κ2) is 7.28. The van der Waals surface area contributed by atoms with E-state index in [2.05, 4.69) is 5.32 Å². The highest BCUT2D eigenvalue weighted by atomic mass is 16.7. The summed E-state index contributed by atoms with van der Waals surface area (Å²) in [7, 11) is 0. The summed E-state index contributed by atoms with van der Waals surface area (Å²) >= 11 is 0. The first-order valence-electron chi connectivity index (χ1n) is 6.35. The lowest BCUT2D eigenvalue weighted by molar-refractivity contribution is -0.295. The van der Waals surface area contributed by atoms with Gasteiger partial charge in [0.25, 0.3) is 5.79 Å². The predicted molar refractivity (Wildman–Crippen MR) is 66.2 cm³/mol. The minimum atomic E-state index is -2.85. The number of carboxylic acids is 1. The summed E-state index contributed by atoms with van der Waals surface area (Å²) in [6, 6.07) is -1.42. The number of nitrogens with one attached hydrogen (secondary N) is 1. The Hall–Kier alpha value is -1.34. The van der Waals surface area contributed by atoms with E-state index in [-0.39, 0.29) is 0 Å². The molecule has 1 heterocycles. The van der Waals surface area contributed by atoms with Crippen molar-refractivity contribution < 1.29 is 50.1 Å². The molecule has 0 spiro atoms. The van der Waals surface area contributed by atoms with Crippen molar-refractivity contribution in [2.45, 2.75) is 42.7 Å². The molecule has 0 bridgehead atoms. The predicted octanol–water partition coefficient (Wildman–Crippen LogP) is -4.90. The molecule has 6 atom stereocenters. The Bertz CT molecular complexity index is 418. The van der Waals surface area contributed by atoms with Gasteiger partial charge in [-0.05, 0) is 0 Å². The Kier molecular flexibility index (Phi) is 6.19. The molecule has 1 rings (SSSR count). The zero-order valence-electron chi connectivity index (χ0n) is 11.4. The monoisotopic (exact) mass is 325 g/mol. The molecule has 1 aliphatic heterocycles. The third-order valence-corrected chi connectivity index (χ3v) is 3.31. The van der Waals surface area contributed by atoms with E-state index in [0.717, 1.165) is 0 Å². The molecule has 11 nitrogen and oxygen atoms in total. The van der Waals surface area contributed by atoms with Crippen molar-refractivity contribution in [1.82, 2.24) is 5.32 Å². The Balaban J connectivity index is 3.07. The highest BCUT2D eigenvalue weighted by Gasteiger charge is 2.53. The molecule has 22 heavy (non-hydrogen) atoms. The van der Waals surface area contributed by atoms with Gasteiger partial charge >= 0.3 is 5.97 Å². The molecular formula is C11H19NO10. The maximum absolute atomic E-state index is 11.2. The van der Waals surface area contributed by atoms with Crippen molar-refractivity contribution in [2.75, 3.05) is 13.2 Å². The van der Waals surface area contributed by atoms with Crippen LogP contribution in [0.3, 0.4) is 0 Å². The van der Waals surface area contributed by atoms with E-state index < -0.39 is 67.8 Å². The lowest BCUT2D eigenvalue weighted by Crippen LogP contribution is -2.67. The number of aliphatic hydroxyl groups is 6. The minimum absolute atomic E-state index is 0.822. The smallest absolute Gasteiger partial charge is 0.364 e. The Morgan fingerprint density at radius 2 is 1.91 bits per heavy atom. The molecule has 1 saturated heterocycles. The maximum Gasteiger partial charge on any atom is 0.364 e. The van der Waals surface area contributed by atoms with Crippen LogP contribution in [0.15, 0.2) is 0 Å². The number of rotatable bonds is 6. The molecular weight excluding hydrogens is 306 g/mol. The Labute approximate surface area is 124 Å². The van der Waals surface area contributed by atoms with Gasteiger partial charge in [0.1, 0.15) is 24.9 Å². The largest absolute Gasteiger partial charge is 0.477 e. The second-order valence-corrected chi connectivity index (χ2v) is 4.94. The molecule has 128 valence electrons. The third-order valence-electron chi connectivity index (χ3n) is 3.31. The van der Waals surface area contributed by atoms with Crippen LogP contribution >= 0.6 is 0 Å². The van der Waals surface area contributed by atoms with E-state index in [4.69, 9.17) is 20.1 Å². The Morgan fingerprint density at radius 3 is 2.36 bits per heavy atom. The molecule has 8 N–H and O–H groups in total. The molecule has 1 aliphatic rings. The fraction of sp³-hybridized carbons (Fsp3) is 0.818. The van der Waals surface area contributed by atoms with E-state index in [1.54, 1.807) is 0 Å². The molecule has 0 aromatic rings. The molecule has 1 fully saturated rings. The highest BCUT2D eigenvalue weighted by Crippen LogP contribution is 2.30. The number of carboxylic acid groups (broad SMARTS) is 1. The number of amides is 1. The summed E-state index contributed by atoms with van der Waals surface area (Å²) in [6.45, 7) is -1.86. The van der Waals surface area contributed by atoms with Gasteiger partial charge in [0, 0.05) is 6.42 Å². The van der Waals surface area contributed by atoms with Crippen molar-refractivity contribution in [3.05, 3.63) is 0 Å². The maximum atomic E-state index is 11.2. The summed E-state index contributed by atoms with van der Waals surface area (Å²) in [5, 5.41) is 67.5. The number of aliphatic carboxylic acids is 1. The van der Waals surface area contributed by atoms with Crippen molar-refractivity contribution >= 4 is 11.9 Å². The van der Waals surface area contributed by atoms with Crippen LogP contribution in [0.4, 0.5) is 0 Å². The molecule has 0 aromatic heterocycles. The van der Waals surface area contributed by atoms with Crippen molar-refractivity contribution in [1.29, 1.82) is 0 Å². The van der Waals surface area contributed by atoms with Gasteiger partial charge in [-0.1, -0.05) is 0 Å². The molecule has 0 unspecified atom stereocenters. The SMILES string of the molecule is O=C(CO)N[C@@H]1[C@@H]([C@@H](O)[C@@H](O)CO)O[C@@](O)(C(=O)O)C[C@H]1O. The normalized spacial score (nSPS) is 34.7. The van der Waals surface area contributed by atoms with Crippen LogP contribution in [0.1, 0.15) is 6.42 Å². The van der Waals surface area contributed by atoms with E-state index in [0.29, 0.717) is 0 Å². The van der Waals surface area contributed by atoms with Crippen LogP contribution in [0.2, 0.25) is 0 Å². The van der Waals surface area contributed by atoms with Crippen LogP contribution in [0.25, 0.3) is 0 Å². The minimum Gasteiger partial charge on any atom is -0.477 e. The van der Waals surface area contributed by atoms with Gasteiger partial charge in [-0.3, -0.25) is 4.79 Å². The molecule has 0 saturated carbocycles. The first-order valence-corrected chi connectivity index (χ1v) is 6.35. The molecule has 1 amide bonds. The average molecular weight is 325 g/mol. The molecule has 0 aliphatic carbocycles. The highest BCUT2D eigenvalue weighted by molar-refractivity contribution is 5.78. The number of hydrogen-bond acceptors (Lipinski definition) is 9. The quantitative estimate of drug-likeness (QED) is 0.234. The standard InChI is InChI=1S/C11H19NO10/c13-2-5(16)8(18)9-7(12-6(17)3-14)4(15)1-11(21,22-9)10(19)20/h4-5,7-9,13-16,18,21H,1-3H2,(H,12,17)(H,19,20)/t4-,5+,7+,8+,9+,11-/m1/s1. The van der Waals surface area contributed by atoms with Crippen LogP contribution in [0, 0.1) is 0 Å². The zero-order chi connectivity index (χ0) is 17.1. The lowest BCUT2D eigenvalue weighted by Gasteiger charge is -2.44. The van der Waals surface area contributed by atoms with Gasteiger partial charge in [0.15, 0.2) is 0 Å². The third kappa shape index (κ3) is 3.89. The van der Waals surface area contributed by atoms with Crippen LogP contribution in [-0.4, -0.2) is 97.1 Å². The molecule has 0 radical (unpaired) electrons. The average Bonchev–Trinajstić information content (AvgIpc) is 2.47. The topological polar surface area (TPSA) is 197 Å². The van der Waals surface area contributed by atoms with E-state index in [1.165, 1.54) is 0 Å². The number of ether oxygens (including phenoxy) is 1. The van der Waals surface area contributed by atoms with Crippen LogP contribution < -0.4 is 5.32 Å². The van der Waals surface area contributed by atoms with Crippen LogP contribution in [-0.2, 0) is 14.3 Å². The number of hydrogen-bond donors (Lipinski definition) is 8. The molecule has 0 aromatic carbocycles. The van der Waals surface area contributed by atoms with Gasteiger partial charge in [0.05, 0.1) is 18.8 Å². The van der Waals surface area contributed by atoms with Crippen molar-refractivity contribution in [3.63, 3.8) is 0 Å². The number of aliphatic hydroxyl groups excluding tert-OH is 5. The van der Waals surface area contributed by atoms with E-state index in [1.807, 2.05) is 0 Å². The van der Waals surface area contributed by atoms with E-state index in [9.17, 15) is 30.0 Å². The second-order valence-electron chi connectivity index (χ2n) is 4.94. The summed E-state index contributed by atoms with van der Waals surface area (Å²) in [6.07, 6.45) is -7.92. The van der Waals surface area contributed by atoms with E-state index >= 15 is 0 Å². The fourth-order valence-electron chi connectivity index (χ4n) is 2.13. The van der Waals surface area contributed by atoms with Crippen LogP contribution in [0.5, 0.6) is 0 Å². The first-order chi connectivity index (χ1) is 10.2. The summed E-state index contributed by atoms with van der Waals surface area (Å²) in [5.41, 5.74) is 0. The Morgan fingerprint density at radius 1 is 1.32 bits per heavy atom. The molecule has 11 heteroatoms. The van der Waals surface area contributed by atoms with Crippen molar-refractivity contribution in [3.8, 4) is 0 Å².